The smallest absolute Gasteiger partial charge is 0.281 e. The first kappa shape index (κ1) is 14.4. The van der Waals surface area contributed by atoms with Crippen molar-refractivity contribution < 1.29 is 29.9 Å². The zero-order chi connectivity index (χ0) is 15.5. The van der Waals surface area contributed by atoms with E-state index >= 15 is 0 Å². The van der Waals surface area contributed by atoms with E-state index in [1.165, 1.54) is 0 Å². The van der Waals surface area contributed by atoms with Gasteiger partial charge in [-0.05, 0) is 33.1 Å². The van der Waals surface area contributed by atoms with E-state index < -0.39 is 39.7 Å². The summed E-state index contributed by atoms with van der Waals surface area (Å²) in [6, 6.07) is 0. The maximum atomic E-state index is 11.6. The Bertz CT molecular complexity index is 518. The van der Waals surface area contributed by atoms with Gasteiger partial charge in [0.15, 0.2) is 0 Å². The number of hydrogen-bond acceptors (Lipinski definition) is 6. The molecule has 6 nitrogen and oxygen atoms in total. The monoisotopic (exact) mass is 300 g/mol. The molecule has 0 aromatic carbocycles. The van der Waals surface area contributed by atoms with Crippen LogP contribution in [-0.4, -0.2) is 55.9 Å². The second-order valence-electron chi connectivity index (χ2n) is 8.18. The lowest BCUT2D eigenvalue weighted by molar-refractivity contribution is -0.428. The molecule has 0 amide bonds. The average Bonchev–Trinajstić information content (AvgIpc) is 2.50. The molecule has 4 N–H and O–H groups in total. The topological polar surface area (TPSA) is 99.4 Å². The van der Waals surface area contributed by atoms with Crippen molar-refractivity contribution >= 4 is 0 Å². The van der Waals surface area contributed by atoms with Crippen LogP contribution < -0.4 is 0 Å². The van der Waals surface area contributed by atoms with Crippen molar-refractivity contribution in [2.75, 3.05) is 6.61 Å². The lowest BCUT2D eigenvalue weighted by atomic mass is 9.44. The predicted molar refractivity (Wildman–Crippen MR) is 71.0 cm³/mol. The fourth-order valence-corrected chi connectivity index (χ4v) is 5.65. The molecule has 120 valence electrons. The van der Waals surface area contributed by atoms with E-state index in [4.69, 9.17) is 9.47 Å². The van der Waals surface area contributed by atoms with E-state index in [0.717, 1.165) is 0 Å². The minimum Gasteiger partial charge on any atom is -0.389 e. The summed E-state index contributed by atoms with van der Waals surface area (Å²) in [6.07, 6.45) is 0.446. The van der Waals surface area contributed by atoms with Gasteiger partial charge in [0, 0.05) is 11.8 Å². The Morgan fingerprint density at radius 1 is 1.00 bits per heavy atom. The van der Waals surface area contributed by atoms with E-state index in [9.17, 15) is 20.4 Å². The normalized spacial score (nSPS) is 69.0. The van der Waals surface area contributed by atoms with E-state index in [1.54, 1.807) is 20.8 Å². The first-order valence-corrected chi connectivity index (χ1v) is 7.65. The molecular weight excluding hydrogens is 276 g/mol. The van der Waals surface area contributed by atoms with Crippen molar-refractivity contribution in [2.24, 2.45) is 10.8 Å². The predicted octanol–water partition coefficient (Wildman–Crippen LogP) is -0.125. The lowest BCUT2D eigenvalue weighted by Crippen LogP contribution is -2.78. The molecule has 0 radical (unpaired) electrons. The summed E-state index contributed by atoms with van der Waals surface area (Å²) in [5.41, 5.74) is -5.76. The van der Waals surface area contributed by atoms with Crippen molar-refractivity contribution in [2.45, 2.75) is 75.3 Å². The van der Waals surface area contributed by atoms with Crippen LogP contribution in [0.1, 0.15) is 46.5 Å². The van der Waals surface area contributed by atoms with Crippen LogP contribution in [0.4, 0.5) is 0 Å². The highest BCUT2D eigenvalue weighted by Crippen LogP contribution is 2.74. The van der Waals surface area contributed by atoms with E-state index in [2.05, 4.69) is 0 Å². The van der Waals surface area contributed by atoms with Crippen molar-refractivity contribution in [3.63, 3.8) is 0 Å². The second kappa shape index (κ2) is 3.32. The molecule has 0 aromatic rings. The molecule has 7 atom stereocenters. The lowest BCUT2D eigenvalue weighted by Gasteiger charge is -2.66. The maximum absolute atomic E-state index is 11.6. The van der Waals surface area contributed by atoms with Gasteiger partial charge in [-0.15, -0.1) is 0 Å². The Hall–Kier alpha value is -0.240. The molecule has 4 bridgehead atoms. The van der Waals surface area contributed by atoms with Crippen LogP contribution in [0.15, 0.2) is 0 Å². The number of hydrogen-bond donors (Lipinski definition) is 4. The third kappa shape index (κ3) is 1.21. The fourth-order valence-electron chi connectivity index (χ4n) is 5.65. The number of rotatable bonds is 0. The quantitative estimate of drug-likeness (QED) is 0.497. The molecule has 5 rings (SSSR count). The van der Waals surface area contributed by atoms with Crippen LogP contribution in [0.25, 0.3) is 0 Å². The van der Waals surface area contributed by atoms with Crippen LogP contribution in [0.5, 0.6) is 0 Å². The Morgan fingerprint density at radius 2 is 1.67 bits per heavy atom. The van der Waals surface area contributed by atoms with Crippen LogP contribution >= 0.6 is 0 Å². The molecule has 0 aromatic heterocycles. The molecule has 5 aliphatic rings. The molecule has 1 spiro atoms. The first-order valence-electron chi connectivity index (χ1n) is 7.65. The van der Waals surface area contributed by atoms with Gasteiger partial charge in [0.25, 0.3) is 5.97 Å². The third-order valence-electron chi connectivity index (χ3n) is 7.42. The number of aliphatic hydroxyl groups is 4. The summed E-state index contributed by atoms with van der Waals surface area (Å²) in [4.78, 5) is 0. The molecule has 3 heterocycles. The van der Waals surface area contributed by atoms with Gasteiger partial charge in [-0.25, -0.2) is 0 Å². The van der Waals surface area contributed by atoms with Gasteiger partial charge in [0.1, 0.15) is 0 Å². The minimum atomic E-state index is -1.86. The summed E-state index contributed by atoms with van der Waals surface area (Å²) in [5.74, 6) is -1.86. The van der Waals surface area contributed by atoms with Gasteiger partial charge in [0.05, 0.1) is 34.9 Å². The SMILES string of the molecule is C[C@@]12CO[C@]3(O)C[C@@]4(C[C@@H](O3)[C@]1(C)O)[C@]2(O)CC[C@]4(C)O. The zero-order valence-corrected chi connectivity index (χ0v) is 12.7. The molecule has 21 heavy (non-hydrogen) atoms. The zero-order valence-electron chi connectivity index (χ0n) is 12.7. The highest BCUT2D eigenvalue weighted by atomic mass is 16.8. The Labute approximate surface area is 123 Å². The number of ether oxygens (including phenoxy) is 2. The summed E-state index contributed by atoms with van der Waals surface area (Å²) < 4.78 is 11.2. The Kier molecular flexibility index (Phi) is 2.27. The molecule has 3 saturated heterocycles. The fraction of sp³-hybridized carbons (Fsp3) is 1.00. The summed E-state index contributed by atoms with van der Waals surface area (Å²) in [7, 11) is 0. The van der Waals surface area contributed by atoms with Gasteiger partial charge in [-0.2, -0.15) is 0 Å². The summed E-state index contributed by atoms with van der Waals surface area (Å²) >= 11 is 0. The molecule has 0 unspecified atom stereocenters. The van der Waals surface area contributed by atoms with Crippen LogP contribution in [0, 0.1) is 10.8 Å². The van der Waals surface area contributed by atoms with Crippen LogP contribution in [0.2, 0.25) is 0 Å². The van der Waals surface area contributed by atoms with Crippen molar-refractivity contribution in [1.29, 1.82) is 0 Å². The van der Waals surface area contributed by atoms with Gasteiger partial charge < -0.3 is 29.9 Å². The Morgan fingerprint density at radius 3 is 2.33 bits per heavy atom. The molecule has 5 fully saturated rings. The summed E-state index contributed by atoms with van der Waals surface area (Å²) in [6.45, 7) is 5.10. The Balaban J connectivity index is 2.03. The molecule has 6 heteroatoms. The minimum absolute atomic E-state index is 0.0126. The average molecular weight is 300 g/mol. The highest BCUT2D eigenvalue weighted by molar-refractivity contribution is 5.30. The van der Waals surface area contributed by atoms with E-state index in [-0.39, 0.29) is 13.0 Å². The highest BCUT2D eigenvalue weighted by Gasteiger charge is 2.83. The standard InChI is InChI=1S/C15H24O6/c1-10-8-20-15(19)7-13(6-9(21-15)12(10,3)17)11(2,16)4-5-14(10,13)18/h9,16-19H,4-8H2,1-3H3/t9-,10-,11+,12+,13-,14+,15-/m1/s1. The van der Waals surface area contributed by atoms with E-state index in [1.807, 2.05) is 0 Å². The van der Waals surface area contributed by atoms with Crippen molar-refractivity contribution in [1.82, 2.24) is 0 Å². The largest absolute Gasteiger partial charge is 0.389 e. The van der Waals surface area contributed by atoms with Gasteiger partial charge >= 0.3 is 0 Å². The van der Waals surface area contributed by atoms with Gasteiger partial charge in [-0.1, -0.05) is 6.92 Å². The van der Waals surface area contributed by atoms with Crippen molar-refractivity contribution in [3.8, 4) is 0 Å². The molecular formula is C15H24O6. The molecule has 2 saturated carbocycles. The van der Waals surface area contributed by atoms with Crippen LogP contribution in [-0.2, 0) is 9.47 Å². The third-order valence-corrected chi connectivity index (χ3v) is 7.42. The summed E-state index contributed by atoms with van der Waals surface area (Å²) in [5, 5.41) is 44.2. The van der Waals surface area contributed by atoms with Gasteiger partial charge in [0.2, 0.25) is 0 Å². The first-order chi connectivity index (χ1) is 9.43. The van der Waals surface area contributed by atoms with E-state index in [0.29, 0.717) is 19.3 Å². The second-order valence-corrected chi connectivity index (χ2v) is 8.18. The maximum Gasteiger partial charge on any atom is 0.281 e. The molecule has 3 aliphatic heterocycles. The van der Waals surface area contributed by atoms with Crippen molar-refractivity contribution in [3.05, 3.63) is 0 Å². The number of fused-ring (bicyclic) bond motifs is 1. The van der Waals surface area contributed by atoms with Gasteiger partial charge in [-0.3, -0.25) is 0 Å². The van der Waals surface area contributed by atoms with Crippen LogP contribution in [0.3, 0.4) is 0 Å². The molecule has 2 aliphatic carbocycles.